The number of ether oxygens (including phenoxy) is 2. The summed E-state index contributed by atoms with van der Waals surface area (Å²) in [4.78, 5) is 24.8. The molecule has 0 saturated carbocycles. The minimum Gasteiger partial charge on any atom is -0.497 e. The second kappa shape index (κ2) is 7.51. The van der Waals surface area contributed by atoms with Crippen LogP contribution in [0.25, 0.3) is 0 Å². The van der Waals surface area contributed by atoms with Crippen LogP contribution in [0.2, 0.25) is 0 Å². The molecule has 2 aromatic rings. The third kappa shape index (κ3) is 3.40. The SMILES string of the molecule is COc1ccc(OC)c([C@@H](C)NC(=O)CN2C(=O)c3ccccc3S2(=O)=O)c1. The molecule has 0 unspecified atom stereocenters. The fourth-order valence-electron chi connectivity index (χ4n) is 3.06. The Labute approximate surface area is 163 Å². The molecule has 0 saturated heterocycles. The number of rotatable bonds is 6. The number of nitrogens with zero attached hydrogens (tertiary/aromatic N) is 1. The van der Waals surface area contributed by atoms with Crippen LogP contribution >= 0.6 is 0 Å². The van der Waals surface area contributed by atoms with Crippen molar-refractivity contribution in [1.82, 2.24) is 9.62 Å². The molecule has 0 spiro atoms. The number of fused-ring (bicyclic) bond motifs is 1. The van der Waals surface area contributed by atoms with Gasteiger partial charge in [0.1, 0.15) is 22.9 Å². The van der Waals surface area contributed by atoms with Crippen LogP contribution in [0.3, 0.4) is 0 Å². The summed E-state index contributed by atoms with van der Waals surface area (Å²) in [7, 11) is -1.01. The van der Waals surface area contributed by atoms with Gasteiger partial charge >= 0.3 is 0 Å². The van der Waals surface area contributed by atoms with Gasteiger partial charge in [0.2, 0.25) is 5.91 Å². The van der Waals surface area contributed by atoms with Gasteiger partial charge in [-0.05, 0) is 37.3 Å². The normalized spacial score (nSPS) is 15.7. The van der Waals surface area contributed by atoms with E-state index in [9.17, 15) is 18.0 Å². The lowest BCUT2D eigenvalue weighted by Gasteiger charge is -2.20. The zero-order chi connectivity index (χ0) is 20.5. The first-order chi connectivity index (χ1) is 13.3. The second-order valence-corrected chi connectivity index (χ2v) is 8.04. The number of sulfonamides is 1. The van der Waals surface area contributed by atoms with Crippen LogP contribution in [-0.2, 0) is 14.8 Å². The van der Waals surface area contributed by atoms with Crippen LogP contribution in [0.4, 0.5) is 0 Å². The summed E-state index contributed by atoms with van der Waals surface area (Å²) in [6, 6.07) is 10.5. The second-order valence-electron chi connectivity index (χ2n) is 6.21. The minimum absolute atomic E-state index is 0.0674. The third-order valence-corrected chi connectivity index (χ3v) is 6.27. The summed E-state index contributed by atoms with van der Waals surface area (Å²) < 4.78 is 36.2. The molecule has 1 aliphatic rings. The Morgan fingerprint density at radius 1 is 1.14 bits per heavy atom. The Kier molecular flexibility index (Phi) is 5.28. The predicted octanol–water partition coefficient (Wildman–Crippen LogP) is 1.73. The van der Waals surface area contributed by atoms with Gasteiger partial charge in [-0.2, -0.15) is 0 Å². The number of carbonyl (C=O) groups excluding carboxylic acids is 2. The van der Waals surface area contributed by atoms with Crippen LogP contribution in [0.1, 0.15) is 28.9 Å². The Balaban J connectivity index is 1.77. The van der Waals surface area contributed by atoms with E-state index in [4.69, 9.17) is 9.47 Å². The van der Waals surface area contributed by atoms with Crippen LogP contribution in [0.5, 0.6) is 11.5 Å². The Hall–Kier alpha value is -3.07. The third-order valence-electron chi connectivity index (χ3n) is 4.48. The first-order valence-corrected chi connectivity index (χ1v) is 9.91. The van der Waals surface area contributed by atoms with Crippen LogP contribution in [0, 0.1) is 0 Å². The average Bonchev–Trinajstić information content (AvgIpc) is 2.88. The molecule has 3 rings (SSSR count). The molecule has 2 aromatic carbocycles. The fourth-order valence-corrected chi connectivity index (χ4v) is 4.59. The van der Waals surface area contributed by atoms with E-state index < -0.39 is 34.4 Å². The molecule has 2 amide bonds. The molecule has 0 aliphatic carbocycles. The molecule has 1 atom stereocenters. The number of methoxy groups -OCH3 is 2. The fraction of sp³-hybridized carbons (Fsp3) is 0.263. The molecule has 148 valence electrons. The molecule has 1 aliphatic heterocycles. The van der Waals surface area contributed by atoms with Crippen LogP contribution in [0.15, 0.2) is 47.4 Å². The maximum Gasteiger partial charge on any atom is 0.269 e. The Morgan fingerprint density at radius 3 is 2.50 bits per heavy atom. The quantitative estimate of drug-likeness (QED) is 0.787. The zero-order valence-electron chi connectivity index (χ0n) is 15.6. The largest absolute Gasteiger partial charge is 0.497 e. The highest BCUT2D eigenvalue weighted by Crippen LogP contribution is 2.31. The van der Waals surface area contributed by atoms with Gasteiger partial charge in [0.25, 0.3) is 15.9 Å². The van der Waals surface area contributed by atoms with Gasteiger partial charge in [-0.25, -0.2) is 12.7 Å². The van der Waals surface area contributed by atoms with Crippen LogP contribution in [-0.4, -0.2) is 45.3 Å². The molecular weight excluding hydrogens is 384 g/mol. The smallest absolute Gasteiger partial charge is 0.269 e. The highest BCUT2D eigenvalue weighted by atomic mass is 32.2. The number of nitrogens with one attached hydrogen (secondary N) is 1. The number of carbonyl (C=O) groups is 2. The van der Waals surface area contributed by atoms with Gasteiger partial charge in [-0.3, -0.25) is 9.59 Å². The molecule has 0 aromatic heterocycles. The molecule has 0 bridgehead atoms. The van der Waals surface area contributed by atoms with Crippen molar-refractivity contribution in [1.29, 1.82) is 0 Å². The predicted molar refractivity (Wildman–Crippen MR) is 101 cm³/mol. The maximum absolute atomic E-state index is 12.6. The van der Waals surface area contributed by atoms with Gasteiger partial charge in [-0.1, -0.05) is 12.1 Å². The summed E-state index contributed by atoms with van der Waals surface area (Å²) in [5.74, 6) is -0.185. The highest BCUT2D eigenvalue weighted by Gasteiger charge is 2.41. The van der Waals surface area contributed by atoms with Gasteiger partial charge in [0.15, 0.2) is 0 Å². The van der Waals surface area contributed by atoms with E-state index in [1.54, 1.807) is 31.2 Å². The van der Waals surface area contributed by atoms with Crippen molar-refractivity contribution >= 4 is 21.8 Å². The molecular formula is C19H20N2O6S. The molecule has 0 radical (unpaired) electrons. The summed E-state index contributed by atoms with van der Waals surface area (Å²) in [6.07, 6.45) is 0. The van der Waals surface area contributed by atoms with E-state index in [-0.39, 0.29) is 10.5 Å². The van der Waals surface area contributed by atoms with E-state index in [1.807, 2.05) is 0 Å². The standard InChI is InChI=1S/C19H20N2O6S/c1-12(15-10-13(26-2)8-9-16(15)27-3)20-18(22)11-21-19(23)14-6-4-5-7-17(14)28(21,24)25/h4-10,12H,11H2,1-3H3,(H,20,22)/t12-/m1/s1. The zero-order valence-corrected chi connectivity index (χ0v) is 16.4. The molecule has 8 nitrogen and oxygen atoms in total. The summed E-state index contributed by atoms with van der Waals surface area (Å²) in [5, 5.41) is 2.70. The van der Waals surface area contributed by atoms with Crippen molar-refractivity contribution in [3.05, 3.63) is 53.6 Å². The van der Waals surface area contributed by atoms with Crippen molar-refractivity contribution in [2.24, 2.45) is 0 Å². The molecule has 9 heteroatoms. The first kappa shape index (κ1) is 19.7. The molecule has 1 N–H and O–H groups in total. The van der Waals surface area contributed by atoms with E-state index in [0.717, 1.165) is 0 Å². The molecule has 1 heterocycles. The summed E-state index contributed by atoms with van der Waals surface area (Å²) in [5.41, 5.74) is 0.729. The molecule has 0 fully saturated rings. The maximum atomic E-state index is 12.6. The Bertz CT molecular complexity index is 1030. The van der Waals surface area contributed by atoms with Gasteiger partial charge in [0, 0.05) is 5.56 Å². The number of hydrogen-bond donors (Lipinski definition) is 1. The van der Waals surface area contributed by atoms with Crippen molar-refractivity contribution in [2.75, 3.05) is 20.8 Å². The lowest BCUT2D eigenvalue weighted by Crippen LogP contribution is -2.41. The average molecular weight is 404 g/mol. The lowest BCUT2D eigenvalue weighted by molar-refractivity contribution is -0.121. The number of benzene rings is 2. The van der Waals surface area contributed by atoms with Crippen molar-refractivity contribution in [2.45, 2.75) is 17.9 Å². The lowest BCUT2D eigenvalue weighted by atomic mass is 10.1. The topological polar surface area (TPSA) is 102 Å². The van der Waals surface area contributed by atoms with Gasteiger partial charge in [0.05, 0.1) is 25.8 Å². The first-order valence-electron chi connectivity index (χ1n) is 8.47. The van der Waals surface area contributed by atoms with Gasteiger partial charge < -0.3 is 14.8 Å². The number of hydrogen-bond acceptors (Lipinski definition) is 6. The monoisotopic (exact) mass is 404 g/mol. The summed E-state index contributed by atoms with van der Waals surface area (Å²) in [6.45, 7) is 1.12. The van der Waals surface area contributed by atoms with E-state index in [1.165, 1.54) is 32.4 Å². The van der Waals surface area contributed by atoms with Crippen LogP contribution < -0.4 is 14.8 Å². The van der Waals surface area contributed by atoms with E-state index in [2.05, 4.69) is 5.32 Å². The summed E-state index contributed by atoms with van der Waals surface area (Å²) >= 11 is 0. The molecule has 28 heavy (non-hydrogen) atoms. The minimum atomic E-state index is -4.04. The van der Waals surface area contributed by atoms with E-state index >= 15 is 0 Å². The van der Waals surface area contributed by atoms with E-state index in [0.29, 0.717) is 21.4 Å². The number of amides is 2. The van der Waals surface area contributed by atoms with Crippen molar-refractivity contribution in [3.8, 4) is 11.5 Å². The van der Waals surface area contributed by atoms with Crippen molar-refractivity contribution < 1.29 is 27.5 Å². The highest BCUT2D eigenvalue weighted by molar-refractivity contribution is 7.90. The van der Waals surface area contributed by atoms with Crippen molar-refractivity contribution in [3.63, 3.8) is 0 Å². The Morgan fingerprint density at radius 2 is 1.86 bits per heavy atom. The van der Waals surface area contributed by atoms with Gasteiger partial charge in [-0.15, -0.1) is 0 Å².